The Balaban J connectivity index is 2.63. The minimum Gasteiger partial charge on any atom is -0.246 e. The van der Waals surface area contributed by atoms with E-state index in [9.17, 15) is 8.42 Å². The molecule has 1 heterocycles. The van der Waals surface area contributed by atoms with Crippen LogP contribution in [0.15, 0.2) is 11.6 Å². The van der Waals surface area contributed by atoms with Crippen molar-refractivity contribution < 1.29 is 8.42 Å². The van der Waals surface area contributed by atoms with E-state index in [2.05, 4.69) is 14.4 Å². The van der Waals surface area contributed by atoms with E-state index < -0.39 is 10.2 Å². The SMILES string of the molecule is CCNS(=O)(=O)Nc1nccs1. The molecule has 0 unspecified atom stereocenters. The third-order valence-electron chi connectivity index (χ3n) is 0.988. The van der Waals surface area contributed by atoms with Crippen molar-refractivity contribution in [2.45, 2.75) is 6.92 Å². The summed E-state index contributed by atoms with van der Waals surface area (Å²) in [6, 6.07) is 0. The molecule has 0 saturated carbocycles. The normalized spacial score (nSPS) is 11.4. The zero-order valence-electron chi connectivity index (χ0n) is 6.44. The lowest BCUT2D eigenvalue weighted by Gasteiger charge is -2.03. The summed E-state index contributed by atoms with van der Waals surface area (Å²) in [6.07, 6.45) is 1.54. The molecule has 0 amide bonds. The van der Waals surface area contributed by atoms with Gasteiger partial charge in [0.2, 0.25) is 0 Å². The van der Waals surface area contributed by atoms with Crippen molar-refractivity contribution in [1.82, 2.24) is 9.71 Å². The molecule has 0 atom stereocenters. The summed E-state index contributed by atoms with van der Waals surface area (Å²) in [5, 5.41) is 2.07. The number of nitrogens with one attached hydrogen (secondary N) is 2. The molecule has 0 saturated heterocycles. The van der Waals surface area contributed by atoms with E-state index in [0.29, 0.717) is 11.7 Å². The van der Waals surface area contributed by atoms with Crippen LogP contribution in [-0.2, 0) is 10.2 Å². The summed E-state index contributed by atoms with van der Waals surface area (Å²) >= 11 is 1.23. The summed E-state index contributed by atoms with van der Waals surface area (Å²) in [7, 11) is -3.41. The topological polar surface area (TPSA) is 71.1 Å². The van der Waals surface area contributed by atoms with Gasteiger partial charge in [-0.1, -0.05) is 6.92 Å². The number of hydrogen-bond acceptors (Lipinski definition) is 4. The van der Waals surface area contributed by atoms with Crippen LogP contribution in [0.1, 0.15) is 6.92 Å². The van der Waals surface area contributed by atoms with E-state index in [4.69, 9.17) is 0 Å². The van der Waals surface area contributed by atoms with Crippen LogP contribution < -0.4 is 9.44 Å². The second-order valence-corrected chi connectivity index (χ2v) is 4.33. The molecule has 0 fully saturated rings. The van der Waals surface area contributed by atoms with E-state index in [0.717, 1.165) is 0 Å². The molecule has 1 aromatic heterocycles. The first-order valence-corrected chi connectivity index (χ1v) is 5.67. The smallest absolute Gasteiger partial charge is 0.246 e. The highest BCUT2D eigenvalue weighted by atomic mass is 32.2. The minimum absolute atomic E-state index is 0.362. The van der Waals surface area contributed by atoms with Crippen LogP contribution in [0.2, 0.25) is 0 Å². The van der Waals surface area contributed by atoms with E-state index >= 15 is 0 Å². The Morgan fingerprint density at radius 3 is 2.92 bits per heavy atom. The highest BCUT2D eigenvalue weighted by Crippen LogP contribution is 2.10. The quantitative estimate of drug-likeness (QED) is 0.751. The molecular formula is C5H9N3O2S2. The minimum atomic E-state index is -3.41. The molecule has 0 aromatic carbocycles. The maximum atomic E-state index is 11.0. The fourth-order valence-corrected chi connectivity index (χ4v) is 2.24. The zero-order chi connectivity index (χ0) is 9.03. The molecule has 1 rings (SSSR count). The summed E-state index contributed by atoms with van der Waals surface area (Å²) in [4.78, 5) is 3.77. The van der Waals surface area contributed by atoms with E-state index in [1.54, 1.807) is 12.3 Å². The first-order valence-electron chi connectivity index (χ1n) is 3.31. The van der Waals surface area contributed by atoms with Gasteiger partial charge < -0.3 is 0 Å². The summed E-state index contributed by atoms with van der Waals surface area (Å²) in [6.45, 7) is 2.07. The van der Waals surface area contributed by atoms with Crippen molar-refractivity contribution in [2.24, 2.45) is 0 Å². The van der Waals surface area contributed by atoms with Crippen molar-refractivity contribution in [2.75, 3.05) is 11.3 Å². The molecule has 12 heavy (non-hydrogen) atoms. The lowest BCUT2D eigenvalue weighted by Crippen LogP contribution is -2.29. The molecule has 1 aromatic rings. The van der Waals surface area contributed by atoms with Gasteiger partial charge in [0.25, 0.3) is 0 Å². The largest absolute Gasteiger partial charge is 0.300 e. The fourth-order valence-electron chi connectivity index (χ4n) is 0.615. The molecule has 0 bridgehead atoms. The Morgan fingerprint density at radius 1 is 1.67 bits per heavy atom. The van der Waals surface area contributed by atoms with Gasteiger partial charge in [-0.2, -0.15) is 13.1 Å². The number of aromatic nitrogens is 1. The Morgan fingerprint density at radius 2 is 2.42 bits per heavy atom. The van der Waals surface area contributed by atoms with Crippen LogP contribution in [0, 0.1) is 0 Å². The lowest BCUT2D eigenvalue weighted by atomic mass is 10.8. The van der Waals surface area contributed by atoms with Crippen LogP contribution in [0.3, 0.4) is 0 Å². The van der Waals surface area contributed by atoms with Gasteiger partial charge in [-0.25, -0.2) is 9.71 Å². The maximum absolute atomic E-state index is 11.0. The van der Waals surface area contributed by atoms with Gasteiger partial charge in [0.15, 0.2) is 5.13 Å². The lowest BCUT2D eigenvalue weighted by molar-refractivity contribution is 0.589. The fraction of sp³-hybridized carbons (Fsp3) is 0.400. The molecule has 5 nitrogen and oxygen atoms in total. The second-order valence-electron chi connectivity index (χ2n) is 1.94. The number of nitrogens with zero attached hydrogens (tertiary/aromatic N) is 1. The average molecular weight is 207 g/mol. The Bertz CT molecular complexity index is 318. The van der Waals surface area contributed by atoms with Crippen molar-refractivity contribution in [3.05, 3.63) is 11.6 Å². The summed E-state index contributed by atoms with van der Waals surface area (Å²) < 4.78 is 26.6. The molecule has 0 aliphatic rings. The van der Waals surface area contributed by atoms with Gasteiger partial charge in [0.1, 0.15) is 0 Å². The van der Waals surface area contributed by atoms with E-state index in [1.807, 2.05) is 0 Å². The molecule has 7 heteroatoms. The molecule has 0 aliphatic heterocycles. The molecule has 0 aliphatic carbocycles. The third-order valence-corrected chi connectivity index (χ3v) is 2.94. The summed E-state index contributed by atoms with van der Waals surface area (Å²) in [5.41, 5.74) is 0. The first-order chi connectivity index (χ1) is 5.64. The predicted octanol–water partition coefficient (Wildman–Crippen LogP) is 0.409. The number of hydrogen-bond donors (Lipinski definition) is 2. The van der Waals surface area contributed by atoms with Gasteiger partial charge >= 0.3 is 10.2 Å². The third kappa shape index (κ3) is 2.76. The van der Waals surface area contributed by atoms with Gasteiger partial charge in [-0.05, 0) is 0 Å². The number of thiazole rings is 1. The van der Waals surface area contributed by atoms with Gasteiger partial charge in [-0.15, -0.1) is 11.3 Å². The zero-order valence-corrected chi connectivity index (χ0v) is 8.08. The maximum Gasteiger partial charge on any atom is 0.300 e. The molecule has 68 valence electrons. The molecular weight excluding hydrogens is 198 g/mol. The van der Waals surface area contributed by atoms with Crippen molar-refractivity contribution in [3.63, 3.8) is 0 Å². The van der Waals surface area contributed by atoms with Crippen LogP contribution in [0.25, 0.3) is 0 Å². The highest BCUT2D eigenvalue weighted by Gasteiger charge is 2.08. The summed E-state index contributed by atoms with van der Waals surface area (Å²) in [5.74, 6) is 0. The van der Waals surface area contributed by atoms with Crippen molar-refractivity contribution in [3.8, 4) is 0 Å². The van der Waals surface area contributed by atoms with Crippen molar-refractivity contribution >= 4 is 26.7 Å². The molecule has 0 radical (unpaired) electrons. The van der Waals surface area contributed by atoms with E-state index in [1.165, 1.54) is 17.5 Å². The number of rotatable bonds is 4. The Kier molecular flexibility index (Phi) is 3.01. The van der Waals surface area contributed by atoms with Crippen LogP contribution in [0.5, 0.6) is 0 Å². The van der Waals surface area contributed by atoms with Gasteiger partial charge in [0.05, 0.1) is 0 Å². The monoisotopic (exact) mass is 207 g/mol. The van der Waals surface area contributed by atoms with E-state index in [-0.39, 0.29) is 0 Å². The van der Waals surface area contributed by atoms with Crippen molar-refractivity contribution in [1.29, 1.82) is 0 Å². The second kappa shape index (κ2) is 3.83. The predicted molar refractivity (Wildman–Crippen MR) is 48.3 cm³/mol. The average Bonchev–Trinajstić information content (AvgIpc) is 2.38. The molecule has 0 spiro atoms. The van der Waals surface area contributed by atoms with Crippen LogP contribution in [0.4, 0.5) is 5.13 Å². The Labute approximate surface area is 75.0 Å². The van der Waals surface area contributed by atoms with Gasteiger partial charge in [-0.3, -0.25) is 0 Å². The first kappa shape index (κ1) is 9.43. The van der Waals surface area contributed by atoms with Gasteiger partial charge in [0, 0.05) is 18.1 Å². The van der Waals surface area contributed by atoms with Crippen LogP contribution >= 0.6 is 11.3 Å². The van der Waals surface area contributed by atoms with Crippen LogP contribution in [-0.4, -0.2) is 19.9 Å². The number of anilines is 1. The Hall–Kier alpha value is -0.660. The highest BCUT2D eigenvalue weighted by molar-refractivity contribution is 7.91. The molecule has 2 N–H and O–H groups in total. The standard InChI is InChI=1S/C5H9N3O2S2/c1-2-7-12(9,10)8-5-6-3-4-11-5/h3-4,7H,2H2,1H3,(H,6,8).